The van der Waals surface area contributed by atoms with Crippen molar-refractivity contribution in [2.45, 2.75) is 6.23 Å². The molecule has 1 N–H and O–H groups in total. The number of anilines is 1. The summed E-state index contributed by atoms with van der Waals surface area (Å²) in [4.78, 5) is 4.69. The van der Waals surface area contributed by atoms with Crippen molar-refractivity contribution in [2.75, 3.05) is 5.32 Å². The van der Waals surface area contributed by atoms with E-state index in [2.05, 4.69) is 77.0 Å². The molecular weight excluding hydrogens is 356 g/mol. The second-order valence-electron chi connectivity index (χ2n) is 7.31. The molecule has 0 bridgehead atoms. The molecule has 0 aliphatic carbocycles. The van der Waals surface area contributed by atoms with Gasteiger partial charge in [0, 0.05) is 28.1 Å². The van der Waals surface area contributed by atoms with Crippen LogP contribution in [0.15, 0.2) is 97.2 Å². The number of rotatable bonds is 2. The lowest BCUT2D eigenvalue weighted by Crippen LogP contribution is -2.09. The monoisotopic (exact) mass is 374 g/mol. The minimum Gasteiger partial charge on any atom is -0.464 e. The van der Waals surface area contributed by atoms with Gasteiger partial charge in [-0.05, 0) is 29.0 Å². The van der Waals surface area contributed by atoms with Crippen LogP contribution in [0.1, 0.15) is 11.8 Å². The van der Waals surface area contributed by atoms with Gasteiger partial charge in [-0.1, -0.05) is 72.8 Å². The average Bonchev–Trinajstić information content (AvgIpc) is 3.24. The fourth-order valence-electron chi connectivity index (χ4n) is 4.11. The van der Waals surface area contributed by atoms with Crippen LogP contribution in [0.3, 0.4) is 0 Å². The molecule has 3 nitrogen and oxygen atoms in total. The highest BCUT2D eigenvalue weighted by molar-refractivity contribution is 6.02. The second kappa shape index (κ2) is 6.35. The third-order valence-electron chi connectivity index (χ3n) is 5.55. The van der Waals surface area contributed by atoms with Gasteiger partial charge in [0.2, 0.25) is 0 Å². The summed E-state index contributed by atoms with van der Waals surface area (Å²) in [5.74, 6) is 0.884. The summed E-state index contributed by atoms with van der Waals surface area (Å²) in [5, 5.41) is 8.25. The molecular formula is C26H18N2O. The van der Waals surface area contributed by atoms with E-state index in [0.29, 0.717) is 0 Å². The number of benzene rings is 4. The van der Waals surface area contributed by atoms with Crippen LogP contribution < -0.4 is 10.1 Å². The summed E-state index contributed by atoms with van der Waals surface area (Å²) < 4.78 is 6.19. The fourth-order valence-corrected chi connectivity index (χ4v) is 4.11. The lowest BCUT2D eigenvalue weighted by atomic mass is 10.00. The lowest BCUT2D eigenvalue weighted by Gasteiger charge is -2.11. The van der Waals surface area contributed by atoms with Crippen LogP contribution in [0.5, 0.6) is 5.75 Å². The summed E-state index contributed by atoms with van der Waals surface area (Å²) in [7, 11) is 0. The van der Waals surface area contributed by atoms with Crippen LogP contribution in [0.25, 0.3) is 32.8 Å². The van der Waals surface area contributed by atoms with E-state index < -0.39 is 0 Å². The minimum absolute atomic E-state index is 0.170. The van der Waals surface area contributed by atoms with Crippen molar-refractivity contribution < 1.29 is 4.74 Å². The van der Waals surface area contributed by atoms with Crippen LogP contribution in [-0.2, 0) is 0 Å². The number of hydrogen-bond acceptors (Lipinski definition) is 3. The van der Waals surface area contributed by atoms with Crippen molar-refractivity contribution in [1.29, 1.82) is 0 Å². The Labute approximate surface area is 168 Å². The van der Waals surface area contributed by atoms with Crippen molar-refractivity contribution in [3.8, 4) is 17.0 Å². The van der Waals surface area contributed by atoms with Gasteiger partial charge in [0.25, 0.3) is 0 Å². The van der Waals surface area contributed by atoms with E-state index >= 15 is 0 Å². The molecule has 138 valence electrons. The predicted octanol–water partition coefficient (Wildman–Crippen LogP) is 6.56. The molecule has 4 aromatic carbocycles. The molecule has 1 aliphatic heterocycles. The summed E-state index contributed by atoms with van der Waals surface area (Å²) in [5.41, 5.74) is 4.26. The van der Waals surface area contributed by atoms with Gasteiger partial charge < -0.3 is 10.1 Å². The number of fused-ring (bicyclic) bond motifs is 4. The fraction of sp³-hybridized carbons (Fsp3) is 0.0385. The molecule has 1 atom stereocenters. The maximum absolute atomic E-state index is 6.19. The molecule has 0 spiro atoms. The first-order valence-corrected chi connectivity index (χ1v) is 9.76. The summed E-state index contributed by atoms with van der Waals surface area (Å²) >= 11 is 0. The van der Waals surface area contributed by atoms with Gasteiger partial charge in [0.05, 0.1) is 11.4 Å². The summed E-state index contributed by atoms with van der Waals surface area (Å²) in [6.07, 6.45) is 1.71. The highest BCUT2D eigenvalue weighted by Gasteiger charge is 2.25. The Morgan fingerprint density at radius 2 is 1.52 bits per heavy atom. The number of ether oxygens (including phenoxy) is 1. The van der Waals surface area contributed by atoms with Crippen molar-refractivity contribution in [1.82, 2.24) is 4.98 Å². The molecule has 0 fully saturated rings. The highest BCUT2D eigenvalue weighted by atomic mass is 16.5. The van der Waals surface area contributed by atoms with Gasteiger partial charge in [-0.3, -0.25) is 4.98 Å². The van der Waals surface area contributed by atoms with Crippen LogP contribution in [0.4, 0.5) is 5.69 Å². The third kappa shape index (κ3) is 2.63. The number of nitrogens with zero attached hydrogens (tertiary/aromatic N) is 1. The standard InChI is InChI=1S/C26H18N2O/c1-2-7-19(8-3-1)26-28-25-22-16-20(11-10-18(22)12-13-23(25)29-26)24-21-9-5-4-6-17(21)14-15-27-24/h1-16,26,28H. The van der Waals surface area contributed by atoms with Gasteiger partial charge in [0.1, 0.15) is 5.75 Å². The molecule has 1 unspecified atom stereocenters. The van der Waals surface area contributed by atoms with Crippen molar-refractivity contribution in [3.63, 3.8) is 0 Å². The van der Waals surface area contributed by atoms with E-state index in [1.54, 1.807) is 0 Å². The quantitative estimate of drug-likeness (QED) is 0.380. The molecule has 29 heavy (non-hydrogen) atoms. The lowest BCUT2D eigenvalue weighted by molar-refractivity contribution is 0.260. The molecule has 0 amide bonds. The van der Waals surface area contributed by atoms with E-state index in [1.165, 1.54) is 10.8 Å². The molecule has 5 aromatic rings. The maximum atomic E-state index is 6.19. The molecule has 6 rings (SSSR count). The number of aromatic nitrogens is 1. The second-order valence-corrected chi connectivity index (χ2v) is 7.31. The third-order valence-corrected chi connectivity index (χ3v) is 5.55. The van der Waals surface area contributed by atoms with Crippen molar-refractivity contribution in [3.05, 3.63) is 103 Å². The molecule has 1 aliphatic rings. The smallest absolute Gasteiger partial charge is 0.196 e. The first-order valence-electron chi connectivity index (χ1n) is 9.76. The summed E-state index contributed by atoms with van der Waals surface area (Å²) in [6.45, 7) is 0. The Balaban J connectivity index is 1.49. The maximum Gasteiger partial charge on any atom is 0.196 e. The Morgan fingerprint density at radius 1 is 0.724 bits per heavy atom. The Hall–Kier alpha value is -3.85. The van der Waals surface area contributed by atoms with E-state index in [0.717, 1.165) is 39.0 Å². The van der Waals surface area contributed by atoms with Gasteiger partial charge in [-0.25, -0.2) is 0 Å². The van der Waals surface area contributed by atoms with E-state index in [1.807, 2.05) is 30.5 Å². The van der Waals surface area contributed by atoms with Crippen LogP contribution in [0.2, 0.25) is 0 Å². The Morgan fingerprint density at radius 3 is 2.45 bits per heavy atom. The van der Waals surface area contributed by atoms with E-state index in [9.17, 15) is 0 Å². The zero-order valence-electron chi connectivity index (χ0n) is 15.7. The van der Waals surface area contributed by atoms with Gasteiger partial charge in [-0.15, -0.1) is 0 Å². The average molecular weight is 374 g/mol. The van der Waals surface area contributed by atoms with Gasteiger partial charge in [0.15, 0.2) is 6.23 Å². The van der Waals surface area contributed by atoms with E-state index in [-0.39, 0.29) is 6.23 Å². The number of pyridine rings is 1. The number of nitrogens with one attached hydrogen (secondary N) is 1. The molecule has 0 saturated heterocycles. The number of hydrogen-bond donors (Lipinski definition) is 1. The van der Waals surface area contributed by atoms with Crippen molar-refractivity contribution in [2.24, 2.45) is 0 Å². The molecule has 3 heteroatoms. The largest absolute Gasteiger partial charge is 0.464 e. The van der Waals surface area contributed by atoms with Crippen LogP contribution in [0, 0.1) is 0 Å². The van der Waals surface area contributed by atoms with Gasteiger partial charge >= 0.3 is 0 Å². The molecule has 0 radical (unpaired) electrons. The highest BCUT2D eigenvalue weighted by Crippen LogP contribution is 2.43. The van der Waals surface area contributed by atoms with Crippen molar-refractivity contribution >= 4 is 27.2 Å². The Bertz CT molecular complexity index is 1360. The predicted molar refractivity (Wildman–Crippen MR) is 118 cm³/mol. The molecule has 1 aromatic heterocycles. The zero-order valence-corrected chi connectivity index (χ0v) is 15.7. The topological polar surface area (TPSA) is 34.2 Å². The first kappa shape index (κ1) is 16.1. The normalized spacial score (nSPS) is 15.1. The van der Waals surface area contributed by atoms with E-state index in [4.69, 9.17) is 4.74 Å². The zero-order chi connectivity index (χ0) is 19.2. The Kier molecular flexibility index (Phi) is 3.53. The summed E-state index contributed by atoms with van der Waals surface area (Å²) in [6, 6.07) is 31.4. The van der Waals surface area contributed by atoms with Crippen LogP contribution in [-0.4, -0.2) is 4.98 Å². The van der Waals surface area contributed by atoms with Crippen LogP contribution >= 0.6 is 0 Å². The molecule has 0 saturated carbocycles. The van der Waals surface area contributed by atoms with Gasteiger partial charge in [-0.2, -0.15) is 0 Å². The molecule has 2 heterocycles. The SMILES string of the molecule is c1ccc(C2Nc3c(ccc4ccc(-c5nccc6ccccc56)cc34)O2)cc1. The first-order chi connectivity index (χ1) is 14.4. The minimum atomic E-state index is -0.170.